The van der Waals surface area contributed by atoms with Gasteiger partial charge in [-0.2, -0.15) is 4.72 Å². The predicted octanol–water partition coefficient (Wildman–Crippen LogP) is 2.83. The first-order chi connectivity index (χ1) is 15.1. The number of carbonyl (C=O) groups excluding carboxylic acids is 1. The second-order valence-electron chi connectivity index (χ2n) is 7.58. The predicted molar refractivity (Wildman–Crippen MR) is 119 cm³/mol. The highest BCUT2D eigenvalue weighted by Gasteiger charge is 2.30. The number of sulfonamides is 1. The van der Waals surface area contributed by atoms with E-state index in [1.165, 1.54) is 18.2 Å². The van der Waals surface area contributed by atoms with Gasteiger partial charge in [0.05, 0.1) is 0 Å². The van der Waals surface area contributed by atoms with Gasteiger partial charge in [0.15, 0.2) is 0 Å². The molecule has 3 rings (SSSR count). The molecule has 0 fully saturated rings. The molecule has 2 aromatic carbocycles. The number of aromatic amines is 1. The third kappa shape index (κ3) is 5.45. The van der Waals surface area contributed by atoms with Crippen molar-refractivity contribution < 1.29 is 17.6 Å². The zero-order valence-electron chi connectivity index (χ0n) is 17.7. The summed E-state index contributed by atoms with van der Waals surface area (Å²) >= 11 is 0. The number of halogens is 1. The van der Waals surface area contributed by atoms with Crippen LogP contribution in [0.4, 0.5) is 10.1 Å². The standard InChI is InChI=1S/C22H23FN4O4S/c1-13(2)20(27-32(30,31)18-10-5-4-9-17(18)23)22(29)25-16-8-6-7-15(12-16)21-24-14(3)11-19(28)26-21/h4-13,20,27H,1-3H3,(H,25,29)(H,24,26,28)/t20-/m0/s1. The maximum absolute atomic E-state index is 14.0. The first-order valence-electron chi connectivity index (χ1n) is 9.83. The minimum absolute atomic E-state index is 0.302. The maximum atomic E-state index is 14.0. The van der Waals surface area contributed by atoms with Crippen molar-refractivity contribution in [2.24, 2.45) is 5.92 Å². The van der Waals surface area contributed by atoms with Crippen LogP contribution in [0.15, 0.2) is 64.3 Å². The van der Waals surface area contributed by atoms with Gasteiger partial charge in [0, 0.05) is 23.0 Å². The second-order valence-corrected chi connectivity index (χ2v) is 9.26. The first kappa shape index (κ1) is 23.3. The van der Waals surface area contributed by atoms with Crippen molar-refractivity contribution in [3.05, 3.63) is 76.5 Å². The molecule has 1 atom stereocenters. The number of amides is 1. The van der Waals surface area contributed by atoms with Gasteiger partial charge in [0.2, 0.25) is 15.9 Å². The summed E-state index contributed by atoms with van der Waals surface area (Å²) in [6.45, 7) is 5.04. The van der Waals surface area contributed by atoms with E-state index in [1.54, 1.807) is 45.0 Å². The molecule has 0 unspecified atom stereocenters. The zero-order chi connectivity index (χ0) is 23.5. The molecular weight excluding hydrogens is 435 g/mol. The van der Waals surface area contributed by atoms with Crippen LogP contribution in [0.1, 0.15) is 19.5 Å². The molecule has 0 aliphatic carbocycles. The molecule has 3 N–H and O–H groups in total. The van der Waals surface area contributed by atoms with Crippen molar-refractivity contribution in [1.82, 2.24) is 14.7 Å². The lowest BCUT2D eigenvalue weighted by molar-refractivity contribution is -0.118. The molecule has 32 heavy (non-hydrogen) atoms. The summed E-state index contributed by atoms with van der Waals surface area (Å²) in [4.78, 5) is 31.0. The zero-order valence-corrected chi connectivity index (χ0v) is 18.5. The Kier molecular flexibility index (Phi) is 6.85. The van der Waals surface area contributed by atoms with Crippen LogP contribution in [-0.4, -0.2) is 30.3 Å². The highest BCUT2D eigenvalue weighted by molar-refractivity contribution is 7.89. The summed E-state index contributed by atoms with van der Waals surface area (Å²) in [5, 5.41) is 2.67. The number of nitrogens with zero attached hydrogens (tertiary/aromatic N) is 1. The van der Waals surface area contributed by atoms with E-state index in [2.05, 4.69) is 20.0 Å². The van der Waals surface area contributed by atoms with E-state index in [-0.39, 0.29) is 5.56 Å². The molecule has 8 nitrogen and oxygen atoms in total. The molecular formula is C22H23FN4O4S. The Balaban J connectivity index is 1.84. The van der Waals surface area contributed by atoms with Crippen molar-refractivity contribution >= 4 is 21.6 Å². The SMILES string of the molecule is Cc1cc(=O)[nH]c(-c2cccc(NC(=O)[C@@H](NS(=O)(=O)c3ccccc3F)C(C)C)c2)n1. The molecule has 0 aliphatic rings. The van der Waals surface area contributed by atoms with E-state index in [1.807, 2.05) is 0 Å². The third-order valence-electron chi connectivity index (χ3n) is 4.63. The quantitative estimate of drug-likeness (QED) is 0.503. The van der Waals surface area contributed by atoms with E-state index in [0.717, 1.165) is 12.1 Å². The molecule has 0 saturated heterocycles. The number of anilines is 1. The number of hydrogen-bond acceptors (Lipinski definition) is 5. The summed E-state index contributed by atoms with van der Waals surface area (Å²) in [6.07, 6.45) is 0. The van der Waals surface area contributed by atoms with Crippen molar-refractivity contribution in [3.8, 4) is 11.4 Å². The van der Waals surface area contributed by atoms with Gasteiger partial charge in [-0.3, -0.25) is 9.59 Å². The number of rotatable bonds is 7. The largest absolute Gasteiger partial charge is 0.325 e. The van der Waals surface area contributed by atoms with E-state index < -0.39 is 38.6 Å². The fraction of sp³-hybridized carbons (Fsp3) is 0.227. The number of carbonyl (C=O) groups is 1. The number of H-pyrrole nitrogens is 1. The molecule has 0 aliphatic heterocycles. The highest BCUT2D eigenvalue weighted by atomic mass is 32.2. The summed E-state index contributed by atoms with van der Waals surface area (Å²) in [5.41, 5.74) is 1.19. The number of aryl methyl sites for hydroxylation is 1. The van der Waals surface area contributed by atoms with E-state index in [4.69, 9.17) is 0 Å². The van der Waals surface area contributed by atoms with Gasteiger partial charge in [0.1, 0.15) is 22.6 Å². The average Bonchev–Trinajstić information content (AvgIpc) is 2.71. The maximum Gasteiger partial charge on any atom is 0.251 e. The van der Waals surface area contributed by atoms with Crippen molar-refractivity contribution in [2.75, 3.05) is 5.32 Å². The first-order valence-corrected chi connectivity index (χ1v) is 11.3. The number of benzene rings is 2. The smallest absolute Gasteiger partial charge is 0.251 e. The molecule has 0 saturated carbocycles. The van der Waals surface area contributed by atoms with E-state index >= 15 is 0 Å². The van der Waals surface area contributed by atoms with Crippen LogP contribution in [0.5, 0.6) is 0 Å². The summed E-state index contributed by atoms with van der Waals surface area (Å²) in [7, 11) is -4.27. The Morgan fingerprint density at radius 2 is 1.81 bits per heavy atom. The molecule has 10 heteroatoms. The van der Waals surface area contributed by atoms with Crippen LogP contribution in [0.25, 0.3) is 11.4 Å². The molecule has 0 radical (unpaired) electrons. The monoisotopic (exact) mass is 458 g/mol. The molecule has 0 spiro atoms. The van der Waals surface area contributed by atoms with Gasteiger partial charge in [0.25, 0.3) is 5.56 Å². The Morgan fingerprint density at radius 1 is 1.09 bits per heavy atom. The van der Waals surface area contributed by atoms with Crippen molar-refractivity contribution in [3.63, 3.8) is 0 Å². The molecule has 0 bridgehead atoms. The number of hydrogen-bond donors (Lipinski definition) is 3. The normalized spacial score (nSPS) is 12.5. The van der Waals surface area contributed by atoms with Crippen molar-refractivity contribution in [1.29, 1.82) is 0 Å². The fourth-order valence-electron chi connectivity index (χ4n) is 3.07. The van der Waals surface area contributed by atoms with Gasteiger partial charge < -0.3 is 10.3 Å². The number of nitrogens with one attached hydrogen (secondary N) is 3. The second kappa shape index (κ2) is 9.41. The van der Waals surface area contributed by atoms with Crippen LogP contribution in [0.3, 0.4) is 0 Å². The Labute approximate surface area is 185 Å². The van der Waals surface area contributed by atoms with Gasteiger partial charge in [-0.05, 0) is 37.1 Å². The molecule has 1 aromatic heterocycles. The lowest BCUT2D eigenvalue weighted by Crippen LogP contribution is -2.47. The van der Waals surface area contributed by atoms with Gasteiger partial charge >= 0.3 is 0 Å². The van der Waals surface area contributed by atoms with Gasteiger partial charge in [-0.1, -0.05) is 38.1 Å². The Hall–Kier alpha value is -3.37. The summed E-state index contributed by atoms with van der Waals surface area (Å²) in [6, 6.07) is 11.8. The lowest BCUT2D eigenvalue weighted by atomic mass is 10.0. The third-order valence-corrected chi connectivity index (χ3v) is 6.11. The van der Waals surface area contributed by atoms with Crippen LogP contribution in [0.2, 0.25) is 0 Å². The summed E-state index contributed by atoms with van der Waals surface area (Å²) in [5.74, 6) is -1.60. The minimum Gasteiger partial charge on any atom is -0.325 e. The lowest BCUT2D eigenvalue weighted by Gasteiger charge is -2.22. The summed E-state index contributed by atoms with van der Waals surface area (Å²) < 4.78 is 41.6. The van der Waals surface area contributed by atoms with Crippen LogP contribution in [-0.2, 0) is 14.8 Å². The topological polar surface area (TPSA) is 121 Å². The van der Waals surface area contributed by atoms with E-state index in [9.17, 15) is 22.4 Å². The molecule has 168 valence electrons. The van der Waals surface area contributed by atoms with Crippen LogP contribution in [0, 0.1) is 18.7 Å². The molecule has 1 heterocycles. The van der Waals surface area contributed by atoms with Crippen LogP contribution >= 0.6 is 0 Å². The van der Waals surface area contributed by atoms with Crippen LogP contribution < -0.4 is 15.6 Å². The molecule has 3 aromatic rings. The fourth-order valence-corrected chi connectivity index (χ4v) is 4.49. The van der Waals surface area contributed by atoms with E-state index in [0.29, 0.717) is 22.8 Å². The highest BCUT2D eigenvalue weighted by Crippen LogP contribution is 2.20. The van der Waals surface area contributed by atoms with Crippen molar-refractivity contribution in [2.45, 2.75) is 31.7 Å². The van der Waals surface area contributed by atoms with Gasteiger partial charge in [-0.25, -0.2) is 17.8 Å². The minimum atomic E-state index is -4.27. The Morgan fingerprint density at radius 3 is 2.47 bits per heavy atom. The number of aromatic nitrogens is 2. The molecule has 1 amide bonds. The average molecular weight is 459 g/mol. The van der Waals surface area contributed by atoms with Gasteiger partial charge in [-0.15, -0.1) is 0 Å². The Bertz CT molecular complexity index is 1310.